The Bertz CT molecular complexity index is 395. The molecule has 1 unspecified atom stereocenters. The van der Waals surface area contributed by atoms with Crippen LogP contribution in [0.4, 0.5) is 0 Å². The molecule has 17 heavy (non-hydrogen) atoms. The van der Waals surface area contributed by atoms with E-state index in [-0.39, 0.29) is 6.10 Å². The summed E-state index contributed by atoms with van der Waals surface area (Å²) in [6.45, 7) is 8.74. The number of morpholine rings is 1. The predicted octanol–water partition coefficient (Wildman–Crippen LogP) is 2.48. The molecule has 0 aliphatic carbocycles. The van der Waals surface area contributed by atoms with E-state index in [4.69, 9.17) is 4.74 Å². The van der Waals surface area contributed by atoms with Crippen molar-refractivity contribution in [2.24, 2.45) is 0 Å². The molecule has 3 heteroatoms. The van der Waals surface area contributed by atoms with E-state index in [9.17, 15) is 5.11 Å². The van der Waals surface area contributed by atoms with E-state index >= 15 is 0 Å². The third-order valence-corrected chi connectivity index (χ3v) is 3.31. The van der Waals surface area contributed by atoms with Crippen LogP contribution in [0.2, 0.25) is 0 Å². The molecule has 1 fully saturated rings. The van der Waals surface area contributed by atoms with Gasteiger partial charge in [-0.1, -0.05) is 13.8 Å². The first-order chi connectivity index (χ1) is 8.09. The Hall–Kier alpha value is -1.06. The molecule has 1 saturated heterocycles. The number of benzene rings is 1. The predicted molar refractivity (Wildman–Crippen MR) is 68.5 cm³/mol. The highest BCUT2D eigenvalue weighted by molar-refractivity contribution is 5.44. The van der Waals surface area contributed by atoms with Crippen molar-refractivity contribution in [2.45, 2.75) is 32.8 Å². The van der Waals surface area contributed by atoms with Gasteiger partial charge in [0.15, 0.2) is 0 Å². The number of ether oxygens (including phenoxy) is 1. The van der Waals surface area contributed by atoms with Gasteiger partial charge in [0, 0.05) is 18.7 Å². The second-order valence-electron chi connectivity index (χ2n) is 4.99. The lowest BCUT2D eigenvalue weighted by molar-refractivity contribution is 0.0262. The molecule has 0 amide bonds. The zero-order chi connectivity index (χ0) is 12.4. The van der Waals surface area contributed by atoms with Crippen LogP contribution < -0.4 is 5.32 Å². The Labute approximate surface area is 103 Å². The minimum atomic E-state index is -0.0261. The summed E-state index contributed by atoms with van der Waals surface area (Å²) in [6, 6.07) is 3.94. The van der Waals surface area contributed by atoms with Crippen molar-refractivity contribution in [3.8, 4) is 5.75 Å². The number of rotatable bonds is 2. The van der Waals surface area contributed by atoms with Crippen LogP contribution in [-0.4, -0.2) is 24.8 Å². The first kappa shape index (κ1) is 12.4. The second-order valence-corrected chi connectivity index (χ2v) is 4.99. The zero-order valence-electron chi connectivity index (χ0n) is 10.8. The molecular weight excluding hydrogens is 214 g/mol. The summed E-state index contributed by atoms with van der Waals surface area (Å²) in [7, 11) is 0. The summed E-state index contributed by atoms with van der Waals surface area (Å²) in [4.78, 5) is 0. The largest absolute Gasteiger partial charge is 0.508 e. The van der Waals surface area contributed by atoms with Gasteiger partial charge in [-0.2, -0.15) is 0 Å². The van der Waals surface area contributed by atoms with Gasteiger partial charge in [0.1, 0.15) is 5.75 Å². The molecule has 1 aliphatic rings. The molecule has 0 radical (unpaired) electrons. The zero-order valence-corrected chi connectivity index (χ0v) is 10.8. The molecular formula is C14H21NO2. The van der Waals surface area contributed by atoms with Gasteiger partial charge in [-0.15, -0.1) is 0 Å². The van der Waals surface area contributed by atoms with Crippen LogP contribution in [-0.2, 0) is 4.74 Å². The molecule has 0 bridgehead atoms. The van der Waals surface area contributed by atoms with Crippen molar-refractivity contribution in [1.82, 2.24) is 5.32 Å². The SMILES string of the molecule is Cc1cc(O)c(C2CNCCO2)cc1C(C)C. The number of hydrogen-bond donors (Lipinski definition) is 2. The first-order valence-electron chi connectivity index (χ1n) is 6.25. The molecule has 1 heterocycles. The Morgan fingerprint density at radius 1 is 1.41 bits per heavy atom. The van der Waals surface area contributed by atoms with Gasteiger partial charge in [-0.25, -0.2) is 0 Å². The second kappa shape index (κ2) is 5.07. The van der Waals surface area contributed by atoms with Crippen LogP contribution in [0.3, 0.4) is 0 Å². The summed E-state index contributed by atoms with van der Waals surface area (Å²) in [6.07, 6.45) is -0.0261. The van der Waals surface area contributed by atoms with Gasteiger partial charge in [0.2, 0.25) is 0 Å². The van der Waals surface area contributed by atoms with Crippen molar-refractivity contribution in [3.63, 3.8) is 0 Å². The molecule has 1 aromatic carbocycles. The maximum Gasteiger partial charge on any atom is 0.121 e. The summed E-state index contributed by atoms with van der Waals surface area (Å²) >= 11 is 0. The van der Waals surface area contributed by atoms with Gasteiger partial charge < -0.3 is 15.2 Å². The normalized spacial score (nSPS) is 20.8. The molecule has 3 nitrogen and oxygen atoms in total. The van der Waals surface area contributed by atoms with E-state index in [0.29, 0.717) is 18.3 Å². The van der Waals surface area contributed by atoms with E-state index in [1.807, 2.05) is 13.0 Å². The maximum atomic E-state index is 10.0. The van der Waals surface area contributed by atoms with Crippen LogP contribution in [0.25, 0.3) is 0 Å². The lowest BCUT2D eigenvalue weighted by Crippen LogP contribution is -2.33. The smallest absolute Gasteiger partial charge is 0.121 e. The average Bonchev–Trinajstić information content (AvgIpc) is 2.29. The maximum absolute atomic E-state index is 10.0. The van der Waals surface area contributed by atoms with E-state index in [2.05, 4.69) is 25.2 Å². The minimum Gasteiger partial charge on any atom is -0.508 e. The number of nitrogens with one attached hydrogen (secondary N) is 1. The van der Waals surface area contributed by atoms with E-state index in [1.54, 1.807) is 0 Å². The Balaban J connectivity index is 2.35. The standard InChI is InChI=1S/C14H21NO2/c1-9(2)11-7-12(13(16)6-10(11)3)14-8-15-4-5-17-14/h6-7,9,14-16H,4-5,8H2,1-3H3. The first-order valence-corrected chi connectivity index (χ1v) is 6.25. The summed E-state index contributed by atoms with van der Waals surface area (Å²) in [5.74, 6) is 0.812. The number of phenolic OH excluding ortho intramolecular Hbond substituents is 1. The van der Waals surface area contributed by atoms with Gasteiger partial charge >= 0.3 is 0 Å². The van der Waals surface area contributed by atoms with Gasteiger partial charge in [0.05, 0.1) is 12.7 Å². The lowest BCUT2D eigenvalue weighted by atomic mass is 9.93. The Kier molecular flexibility index (Phi) is 3.69. The molecule has 0 spiro atoms. The fraction of sp³-hybridized carbons (Fsp3) is 0.571. The van der Waals surface area contributed by atoms with Crippen molar-refractivity contribution in [3.05, 3.63) is 28.8 Å². The molecule has 2 rings (SSSR count). The summed E-state index contributed by atoms with van der Waals surface area (Å²) in [5, 5.41) is 13.3. The van der Waals surface area contributed by atoms with Gasteiger partial charge in [-0.3, -0.25) is 0 Å². The fourth-order valence-electron chi connectivity index (χ4n) is 2.37. The monoisotopic (exact) mass is 235 g/mol. The van der Waals surface area contributed by atoms with Crippen LogP contribution >= 0.6 is 0 Å². The molecule has 1 aliphatic heterocycles. The minimum absolute atomic E-state index is 0.0261. The van der Waals surface area contributed by atoms with Crippen LogP contribution in [0.5, 0.6) is 5.75 Å². The fourth-order valence-corrected chi connectivity index (χ4v) is 2.37. The van der Waals surface area contributed by atoms with Crippen molar-refractivity contribution in [2.75, 3.05) is 19.7 Å². The van der Waals surface area contributed by atoms with Gasteiger partial charge in [-0.05, 0) is 36.1 Å². The van der Waals surface area contributed by atoms with Crippen molar-refractivity contribution >= 4 is 0 Å². The van der Waals surface area contributed by atoms with E-state index < -0.39 is 0 Å². The molecule has 0 saturated carbocycles. The van der Waals surface area contributed by atoms with Crippen LogP contribution in [0, 0.1) is 6.92 Å². The van der Waals surface area contributed by atoms with Crippen molar-refractivity contribution in [1.29, 1.82) is 0 Å². The van der Waals surface area contributed by atoms with Crippen molar-refractivity contribution < 1.29 is 9.84 Å². The van der Waals surface area contributed by atoms with Crippen LogP contribution in [0.15, 0.2) is 12.1 Å². The highest BCUT2D eigenvalue weighted by atomic mass is 16.5. The highest BCUT2D eigenvalue weighted by Gasteiger charge is 2.20. The molecule has 0 aromatic heterocycles. The molecule has 1 aromatic rings. The molecule has 2 N–H and O–H groups in total. The molecule has 94 valence electrons. The number of aryl methyl sites for hydroxylation is 1. The number of hydrogen-bond acceptors (Lipinski definition) is 3. The quantitative estimate of drug-likeness (QED) is 0.827. The average molecular weight is 235 g/mol. The highest BCUT2D eigenvalue weighted by Crippen LogP contribution is 2.33. The van der Waals surface area contributed by atoms with E-state index in [0.717, 1.165) is 24.2 Å². The number of phenols is 1. The summed E-state index contributed by atoms with van der Waals surface area (Å²) < 4.78 is 5.70. The van der Waals surface area contributed by atoms with Crippen LogP contribution in [0.1, 0.15) is 42.6 Å². The third-order valence-electron chi connectivity index (χ3n) is 3.31. The topological polar surface area (TPSA) is 41.5 Å². The Morgan fingerprint density at radius 2 is 2.18 bits per heavy atom. The van der Waals surface area contributed by atoms with E-state index in [1.165, 1.54) is 5.56 Å². The Morgan fingerprint density at radius 3 is 2.76 bits per heavy atom. The summed E-state index contributed by atoms with van der Waals surface area (Å²) in [5.41, 5.74) is 3.34. The third kappa shape index (κ3) is 2.61. The lowest BCUT2D eigenvalue weighted by Gasteiger charge is -2.26. The van der Waals surface area contributed by atoms with Gasteiger partial charge in [0.25, 0.3) is 0 Å². The number of aromatic hydroxyl groups is 1. The molecule has 1 atom stereocenters.